The molecule has 0 aliphatic rings. The molecule has 112 valence electrons. The maximum atomic E-state index is 11.8. The van der Waals surface area contributed by atoms with E-state index in [2.05, 4.69) is 10.6 Å². The molecule has 3 amide bonds. The van der Waals surface area contributed by atoms with Gasteiger partial charge >= 0.3 is 6.03 Å². The Labute approximate surface area is 128 Å². The highest BCUT2D eigenvalue weighted by molar-refractivity contribution is 6.07. The lowest BCUT2D eigenvalue weighted by molar-refractivity contribution is 0.0967. The minimum atomic E-state index is -0.600. The molecule has 0 atom stereocenters. The van der Waals surface area contributed by atoms with E-state index in [9.17, 15) is 9.59 Å². The van der Waals surface area contributed by atoms with Crippen LogP contribution in [0.5, 0.6) is 0 Å². The second kappa shape index (κ2) is 7.75. The lowest BCUT2D eigenvalue weighted by Crippen LogP contribution is -2.34. The average molecular weight is 296 g/mol. The van der Waals surface area contributed by atoms with Crippen LogP contribution in [0, 0.1) is 0 Å². The third kappa shape index (κ3) is 4.57. The zero-order valence-corrected chi connectivity index (χ0v) is 11.8. The number of nitrogens with one attached hydrogen (secondary N) is 2. The van der Waals surface area contributed by atoms with E-state index >= 15 is 0 Å². The van der Waals surface area contributed by atoms with Crippen LogP contribution in [-0.4, -0.2) is 23.7 Å². The molecule has 2 aromatic rings. The van der Waals surface area contributed by atoms with Gasteiger partial charge in [0, 0.05) is 11.3 Å². The molecule has 5 nitrogen and oxygen atoms in total. The van der Waals surface area contributed by atoms with E-state index in [1.165, 1.54) is 0 Å². The first-order valence-electron chi connectivity index (χ1n) is 6.74. The molecule has 0 saturated carbocycles. The molecule has 2 aromatic carbocycles. The molecule has 3 N–H and O–H groups in total. The van der Waals surface area contributed by atoms with Crippen molar-refractivity contribution in [3.8, 4) is 0 Å². The lowest BCUT2D eigenvalue weighted by atomic mass is 10.2. The van der Waals surface area contributed by atoms with E-state index in [4.69, 9.17) is 5.11 Å². The number of imide groups is 1. The van der Waals surface area contributed by atoms with Gasteiger partial charge in [0.15, 0.2) is 0 Å². The highest BCUT2D eigenvalue weighted by Gasteiger charge is 2.09. The van der Waals surface area contributed by atoms with Crippen LogP contribution in [0.2, 0.25) is 0 Å². The molecule has 22 heavy (non-hydrogen) atoms. The van der Waals surface area contributed by atoms with Crippen LogP contribution < -0.4 is 10.6 Å². The SMILES string of the molecule is O=C(NC(=O)c1ccccc1)Nc1cccc(C=CCO)c1. The number of rotatable bonds is 4. The van der Waals surface area contributed by atoms with Gasteiger partial charge in [-0.25, -0.2) is 4.79 Å². The first kappa shape index (κ1) is 15.5. The Balaban J connectivity index is 1.97. The first-order valence-corrected chi connectivity index (χ1v) is 6.74. The number of amides is 3. The molecule has 0 bridgehead atoms. The number of hydrogen-bond donors (Lipinski definition) is 3. The van der Waals surface area contributed by atoms with Crippen molar-refractivity contribution in [2.75, 3.05) is 11.9 Å². The van der Waals surface area contributed by atoms with Crippen LogP contribution in [-0.2, 0) is 0 Å². The summed E-state index contributed by atoms with van der Waals surface area (Å²) < 4.78 is 0. The van der Waals surface area contributed by atoms with E-state index in [0.717, 1.165) is 5.56 Å². The monoisotopic (exact) mass is 296 g/mol. The van der Waals surface area contributed by atoms with Crippen molar-refractivity contribution in [2.45, 2.75) is 0 Å². The summed E-state index contributed by atoms with van der Waals surface area (Å²) in [7, 11) is 0. The van der Waals surface area contributed by atoms with Crippen LogP contribution >= 0.6 is 0 Å². The topological polar surface area (TPSA) is 78.4 Å². The normalized spacial score (nSPS) is 10.4. The Bertz CT molecular complexity index is 681. The van der Waals surface area contributed by atoms with Gasteiger partial charge < -0.3 is 10.4 Å². The number of carbonyl (C=O) groups excluding carboxylic acids is 2. The molecule has 0 unspecified atom stereocenters. The number of carbonyl (C=O) groups is 2. The number of anilines is 1. The number of aliphatic hydroxyl groups is 1. The summed E-state index contributed by atoms with van der Waals surface area (Å²) in [6.45, 7) is -0.0519. The van der Waals surface area contributed by atoms with Crippen molar-refractivity contribution in [3.05, 3.63) is 71.8 Å². The maximum Gasteiger partial charge on any atom is 0.326 e. The first-order chi connectivity index (χ1) is 10.7. The molecular formula is C17H16N2O3. The summed E-state index contributed by atoms with van der Waals surface area (Å²) in [6, 6.07) is 15.0. The van der Waals surface area contributed by atoms with E-state index in [1.54, 1.807) is 60.7 Å². The molecule has 0 spiro atoms. The molecule has 5 heteroatoms. The van der Waals surface area contributed by atoms with Crippen LogP contribution in [0.15, 0.2) is 60.7 Å². The lowest BCUT2D eigenvalue weighted by Gasteiger charge is -2.07. The van der Waals surface area contributed by atoms with Crippen molar-refractivity contribution < 1.29 is 14.7 Å². The van der Waals surface area contributed by atoms with Gasteiger partial charge in [-0.2, -0.15) is 0 Å². The fourth-order valence-corrected chi connectivity index (χ4v) is 1.84. The third-order valence-electron chi connectivity index (χ3n) is 2.82. The molecule has 0 heterocycles. The van der Waals surface area contributed by atoms with E-state index in [-0.39, 0.29) is 6.61 Å². The Kier molecular flexibility index (Phi) is 5.45. The van der Waals surface area contributed by atoms with Gasteiger partial charge in [0.25, 0.3) is 5.91 Å². The van der Waals surface area contributed by atoms with Crippen molar-refractivity contribution in [2.24, 2.45) is 0 Å². The van der Waals surface area contributed by atoms with Crippen molar-refractivity contribution >= 4 is 23.7 Å². The van der Waals surface area contributed by atoms with Crippen LogP contribution in [0.25, 0.3) is 6.08 Å². The number of urea groups is 1. The standard InChI is InChI=1S/C17H16N2O3/c20-11-5-7-13-6-4-10-15(12-13)18-17(22)19-16(21)14-8-2-1-3-9-14/h1-10,12,20H,11H2,(H2,18,19,21,22). The van der Waals surface area contributed by atoms with Gasteiger partial charge in [0.05, 0.1) is 6.61 Å². The van der Waals surface area contributed by atoms with Gasteiger partial charge in [0.2, 0.25) is 0 Å². The quantitative estimate of drug-likeness (QED) is 0.811. The predicted molar refractivity (Wildman–Crippen MR) is 85.5 cm³/mol. The minimum Gasteiger partial charge on any atom is -0.392 e. The molecule has 0 aromatic heterocycles. The van der Waals surface area contributed by atoms with Crippen LogP contribution in [0.4, 0.5) is 10.5 Å². The van der Waals surface area contributed by atoms with Crippen molar-refractivity contribution in [1.82, 2.24) is 5.32 Å². The molecule has 0 aliphatic heterocycles. The predicted octanol–water partition coefficient (Wildman–Crippen LogP) is 2.65. The summed E-state index contributed by atoms with van der Waals surface area (Å²) in [6.07, 6.45) is 3.33. The maximum absolute atomic E-state index is 11.8. The summed E-state index contributed by atoms with van der Waals surface area (Å²) in [4.78, 5) is 23.7. The van der Waals surface area contributed by atoms with E-state index in [1.807, 2.05) is 6.07 Å². The second-order valence-electron chi connectivity index (χ2n) is 4.48. The van der Waals surface area contributed by atoms with E-state index < -0.39 is 11.9 Å². The fourth-order valence-electron chi connectivity index (χ4n) is 1.84. The summed E-state index contributed by atoms with van der Waals surface area (Å²) in [5.41, 5.74) is 1.80. The molecule has 0 fully saturated rings. The van der Waals surface area contributed by atoms with Gasteiger partial charge in [-0.1, -0.05) is 42.5 Å². The largest absolute Gasteiger partial charge is 0.392 e. The van der Waals surface area contributed by atoms with Gasteiger partial charge in [-0.15, -0.1) is 0 Å². The number of aliphatic hydroxyl groups excluding tert-OH is 1. The summed E-state index contributed by atoms with van der Waals surface area (Å²) in [5, 5.41) is 13.6. The summed E-state index contributed by atoms with van der Waals surface area (Å²) >= 11 is 0. The van der Waals surface area contributed by atoms with Gasteiger partial charge in [-0.05, 0) is 29.8 Å². The number of hydrogen-bond acceptors (Lipinski definition) is 3. The molecule has 0 radical (unpaired) electrons. The summed E-state index contributed by atoms with van der Waals surface area (Å²) in [5.74, 6) is -0.463. The van der Waals surface area contributed by atoms with Crippen molar-refractivity contribution in [1.29, 1.82) is 0 Å². The fraction of sp³-hybridized carbons (Fsp3) is 0.0588. The molecular weight excluding hydrogens is 280 g/mol. The van der Waals surface area contributed by atoms with Gasteiger partial charge in [0.1, 0.15) is 0 Å². The van der Waals surface area contributed by atoms with Gasteiger partial charge in [-0.3, -0.25) is 10.1 Å². The molecule has 0 aliphatic carbocycles. The average Bonchev–Trinajstić information content (AvgIpc) is 2.54. The molecule has 0 saturated heterocycles. The molecule has 2 rings (SSSR count). The van der Waals surface area contributed by atoms with Crippen molar-refractivity contribution in [3.63, 3.8) is 0 Å². The zero-order chi connectivity index (χ0) is 15.8. The Morgan fingerprint density at radius 3 is 2.55 bits per heavy atom. The van der Waals surface area contributed by atoms with E-state index in [0.29, 0.717) is 11.3 Å². The third-order valence-corrected chi connectivity index (χ3v) is 2.82. The minimum absolute atomic E-state index is 0.0519. The Morgan fingerprint density at radius 1 is 1.05 bits per heavy atom. The zero-order valence-electron chi connectivity index (χ0n) is 11.8. The smallest absolute Gasteiger partial charge is 0.326 e. The van der Waals surface area contributed by atoms with Crippen LogP contribution in [0.3, 0.4) is 0 Å². The highest BCUT2D eigenvalue weighted by Crippen LogP contribution is 2.12. The Morgan fingerprint density at radius 2 is 1.82 bits per heavy atom. The highest BCUT2D eigenvalue weighted by atomic mass is 16.2. The number of benzene rings is 2. The second-order valence-corrected chi connectivity index (χ2v) is 4.48. The Hall–Kier alpha value is -2.92. The van der Waals surface area contributed by atoms with Crippen LogP contribution in [0.1, 0.15) is 15.9 Å².